The molecule has 106 valence electrons. The van der Waals surface area contributed by atoms with Gasteiger partial charge in [0.1, 0.15) is 9.88 Å². The first-order chi connectivity index (χ1) is 9.54. The number of hydrogen-bond acceptors (Lipinski definition) is 4. The van der Waals surface area contributed by atoms with E-state index in [9.17, 15) is 9.90 Å². The van der Waals surface area contributed by atoms with Crippen LogP contribution in [0, 0.1) is 0 Å². The van der Waals surface area contributed by atoms with E-state index in [0.717, 1.165) is 16.1 Å². The molecule has 2 rings (SSSR count). The Labute approximate surface area is 122 Å². The summed E-state index contributed by atoms with van der Waals surface area (Å²) in [7, 11) is 1.64. The second-order valence-electron chi connectivity index (χ2n) is 4.78. The van der Waals surface area contributed by atoms with Crippen molar-refractivity contribution < 1.29 is 14.6 Å². The molecular formula is C15H17NO3S. The van der Waals surface area contributed by atoms with Crippen molar-refractivity contribution in [2.24, 2.45) is 0 Å². The molecule has 0 aliphatic carbocycles. The molecule has 0 bridgehead atoms. The maximum atomic E-state index is 11.3. The number of ether oxygens (including phenoxy) is 1. The predicted molar refractivity (Wildman–Crippen MR) is 79.3 cm³/mol. The predicted octanol–water partition coefficient (Wildman–Crippen LogP) is 3.78. The van der Waals surface area contributed by atoms with Crippen LogP contribution in [0.3, 0.4) is 0 Å². The van der Waals surface area contributed by atoms with Crippen LogP contribution in [0.5, 0.6) is 0 Å². The molecule has 0 saturated carbocycles. The fourth-order valence-corrected chi connectivity index (χ4v) is 3.12. The molecule has 4 nitrogen and oxygen atoms in total. The van der Waals surface area contributed by atoms with E-state index >= 15 is 0 Å². The lowest BCUT2D eigenvalue weighted by Crippen LogP contribution is -2.00. The first kappa shape index (κ1) is 14.7. The second-order valence-corrected chi connectivity index (χ2v) is 5.78. The van der Waals surface area contributed by atoms with Crippen LogP contribution in [0.15, 0.2) is 24.3 Å². The van der Waals surface area contributed by atoms with Crippen molar-refractivity contribution in [3.63, 3.8) is 0 Å². The Morgan fingerprint density at radius 1 is 1.40 bits per heavy atom. The molecule has 0 fully saturated rings. The summed E-state index contributed by atoms with van der Waals surface area (Å²) in [5, 5.41) is 10.0. The van der Waals surface area contributed by atoms with Crippen LogP contribution in [-0.2, 0) is 11.3 Å². The van der Waals surface area contributed by atoms with E-state index in [1.165, 1.54) is 11.3 Å². The number of carbonyl (C=O) groups is 1. The van der Waals surface area contributed by atoms with Crippen molar-refractivity contribution in [2.75, 3.05) is 7.11 Å². The van der Waals surface area contributed by atoms with Crippen LogP contribution >= 0.6 is 11.3 Å². The Morgan fingerprint density at radius 3 is 2.65 bits per heavy atom. The number of aromatic carboxylic acids is 1. The molecule has 1 N–H and O–H groups in total. The van der Waals surface area contributed by atoms with Gasteiger partial charge >= 0.3 is 5.97 Å². The fraction of sp³-hybridized carbons (Fsp3) is 0.333. The lowest BCUT2D eigenvalue weighted by Gasteiger charge is -2.05. The highest BCUT2D eigenvalue weighted by molar-refractivity contribution is 7.17. The van der Waals surface area contributed by atoms with E-state index < -0.39 is 5.97 Å². The largest absolute Gasteiger partial charge is 0.477 e. The third-order valence-electron chi connectivity index (χ3n) is 2.94. The molecule has 20 heavy (non-hydrogen) atoms. The highest BCUT2D eigenvalue weighted by atomic mass is 32.1. The van der Waals surface area contributed by atoms with Gasteiger partial charge in [0.05, 0.1) is 12.3 Å². The first-order valence-electron chi connectivity index (χ1n) is 6.35. The molecule has 2 aromatic rings. The molecule has 0 saturated heterocycles. The Bertz CT molecular complexity index is 619. The summed E-state index contributed by atoms with van der Waals surface area (Å²) in [6.07, 6.45) is 0. The van der Waals surface area contributed by atoms with Crippen molar-refractivity contribution in [1.29, 1.82) is 0 Å². The molecule has 0 atom stereocenters. The van der Waals surface area contributed by atoms with E-state index in [4.69, 9.17) is 4.74 Å². The fourth-order valence-electron chi connectivity index (χ4n) is 2.00. The highest BCUT2D eigenvalue weighted by Gasteiger charge is 2.21. The van der Waals surface area contributed by atoms with Crippen molar-refractivity contribution in [2.45, 2.75) is 26.4 Å². The van der Waals surface area contributed by atoms with Crippen LogP contribution < -0.4 is 0 Å². The van der Waals surface area contributed by atoms with Gasteiger partial charge in [-0.05, 0) is 11.5 Å². The Hall–Kier alpha value is -1.72. The average Bonchev–Trinajstić information content (AvgIpc) is 2.85. The second kappa shape index (κ2) is 6.15. The zero-order valence-corrected chi connectivity index (χ0v) is 12.5. The minimum atomic E-state index is -0.915. The van der Waals surface area contributed by atoms with Gasteiger partial charge in [-0.3, -0.25) is 0 Å². The number of carboxylic acids is 1. The van der Waals surface area contributed by atoms with Gasteiger partial charge in [-0.15, -0.1) is 11.3 Å². The van der Waals surface area contributed by atoms with Crippen LogP contribution in [0.1, 0.15) is 40.7 Å². The topological polar surface area (TPSA) is 59.4 Å². The lowest BCUT2D eigenvalue weighted by molar-refractivity contribution is 0.0700. The van der Waals surface area contributed by atoms with Gasteiger partial charge in [0, 0.05) is 12.7 Å². The molecule has 1 aromatic carbocycles. The summed E-state index contributed by atoms with van der Waals surface area (Å²) in [5.74, 6) is -0.831. The van der Waals surface area contributed by atoms with Gasteiger partial charge in [-0.1, -0.05) is 38.1 Å². The van der Waals surface area contributed by atoms with Gasteiger partial charge in [0.2, 0.25) is 0 Å². The molecule has 0 spiro atoms. The number of benzene rings is 1. The van der Waals surface area contributed by atoms with Crippen LogP contribution in [-0.4, -0.2) is 23.2 Å². The van der Waals surface area contributed by atoms with Crippen molar-refractivity contribution in [3.8, 4) is 10.6 Å². The van der Waals surface area contributed by atoms with E-state index in [-0.39, 0.29) is 5.92 Å². The maximum Gasteiger partial charge on any atom is 0.347 e. The van der Waals surface area contributed by atoms with Gasteiger partial charge in [-0.25, -0.2) is 9.78 Å². The Kier molecular flexibility index (Phi) is 4.52. The molecule has 0 amide bonds. The highest BCUT2D eigenvalue weighted by Crippen LogP contribution is 2.33. The number of carboxylic acid groups (broad SMARTS) is 1. The minimum absolute atomic E-state index is 0.0840. The number of aromatic nitrogens is 1. The number of thiazole rings is 1. The summed E-state index contributed by atoms with van der Waals surface area (Å²) >= 11 is 1.22. The van der Waals surface area contributed by atoms with Gasteiger partial charge in [0.25, 0.3) is 0 Å². The molecule has 1 aromatic heterocycles. The first-order valence-corrected chi connectivity index (χ1v) is 7.17. The molecule has 1 heterocycles. The quantitative estimate of drug-likeness (QED) is 0.910. The summed E-state index contributed by atoms with van der Waals surface area (Å²) in [5.41, 5.74) is 2.59. The molecule has 0 unspecified atom stereocenters. The van der Waals surface area contributed by atoms with Crippen molar-refractivity contribution in [1.82, 2.24) is 4.98 Å². The third-order valence-corrected chi connectivity index (χ3v) is 4.03. The molecule has 0 aliphatic heterocycles. The van der Waals surface area contributed by atoms with Crippen LogP contribution in [0.2, 0.25) is 0 Å². The molecule has 5 heteroatoms. The zero-order valence-electron chi connectivity index (χ0n) is 11.7. The van der Waals surface area contributed by atoms with Gasteiger partial charge < -0.3 is 9.84 Å². The number of rotatable bonds is 5. The monoisotopic (exact) mass is 291 g/mol. The van der Waals surface area contributed by atoms with E-state index in [1.54, 1.807) is 7.11 Å². The lowest BCUT2D eigenvalue weighted by atomic mass is 10.1. The van der Waals surface area contributed by atoms with E-state index in [0.29, 0.717) is 17.2 Å². The van der Waals surface area contributed by atoms with Gasteiger partial charge in [0.15, 0.2) is 0 Å². The Balaban J connectivity index is 2.53. The summed E-state index contributed by atoms with van der Waals surface area (Å²) in [4.78, 5) is 16.2. The number of methoxy groups -OCH3 is 1. The van der Waals surface area contributed by atoms with Crippen molar-refractivity contribution in [3.05, 3.63) is 40.4 Å². The zero-order chi connectivity index (χ0) is 14.7. The molecule has 0 radical (unpaired) electrons. The smallest absolute Gasteiger partial charge is 0.347 e. The van der Waals surface area contributed by atoms with E-state index in [2.05, 4.69) is 4.98 Å². The summed E-state index contributed by atoms with van der Waals surface area (Å²) in [6, 6.07) is 7.77. The number of hydrogen-bond donors (Lipinski definition) is 1. The summed E-state index contributed by atoms with van der Waals surface area (Å²) < 4.78 is 5.18. The SMILES string of the molecule is COCc1ccccc1-c1nc(C(C)C)c(C(=O)O)s1. The van der Waals surface area contributed by atoms with Crippen LogP contribution in [0.4, 0.5) is 0 Å². The van der Waals surface area contributed by atoms with Crippen LogP contribution in [0.25, 0.3) is 10.6 Å². The maximum absolute atomic E-state index is 11.3. The molecular weight excluding hydrogens is 274 g/mol. The Morgan fingerprint density at radius 2 is 2.10 bits per heavy atom. The number of nitrogens with zero attached hydrogens (tertiary/aromatic N) is 1. The van der Waals surface area contributed by atoms with Crippen molar-refractivity contribution >= 4 is 17.3 Å². The average molecular weight is 291 g/mol. The van der Waals surface area contributed by atoms with Gasteiger partial charge in [-0.2, -0.15) is 0 Å². The third kappa shape index (κ3) is 2.89. The standard InChI is InChI=1S/C15H17NO3S/c1-9(2)12-13(15(17)18)20-14(16-12)11-7-5-4-6-10(11)8-19-3/h4-7,9H,8H2,1-3H3,(H,17,18). The van der Waals surface area contributed by atoms with E-state index in [1.807, 2.05) is 38.1 Å². The minimum Gasteiger partial charge on any atom is -0.477 e. The normalized spacial score (nSPS) is 11.0. The summed E-state index contributed by atoms with van der Waals surface area (Å²) in [6.45, 7) is 4.38. The molecule has 0 aliphatic rings.